The predicted octanol–water partition coefficient (Wildman–Crippen LogP) is 3.93. The Bertz CT molecular complexity index is 1150. The molecule has 0 unspecified atom stereocenters. The smallest absolute Gasteiger partial charge is 0.248 e. The Labute approximate surface area is 201 Å². The fourth-order valence-electron chi connectivity index (χ4n) is 3.95. The molecule has 9 heteroatoms. The molecule has 0 spiro atoms. The van der Waals surface area contributed by atoms with Crippen molar-refractivity contribution >= 4 is 45.0 Å². The molecule has 1 aliphatic heterocycles. The second kappa shape index (κ2) is 11.3. The van der Waals surface area contributed by atoms with Crippen LogP contribution in [-0.4, -0.2) is 50.7 Å². The summed E-state index contributed by atoms with van der Waals surface area (Å²) in [4.78, 5) is 26.2. The normalized spacial score (nSPS) is 14.1. The summed E-state index contributed by atoms with van der Waals surface area (Å²) < 4.78 is 27.5. The largest absolute Gasteiger partial charge is 0.370 e. The lowest BCUT2D eigenvalue weighted by molar-refractivity contribution is -0.114. The van der Waals surface area contributed by atoms with E-state index in [-0.39, 0.29) is 16.7 Å². The molecule has 2 aromatic rings. The second-order valence-electron chi connectivity index (χ2n) is 8.09. The van der Waals surface area contributed by atoms with Gasteiger partial charge < -0.3 is 15.5 Å². The summed E-state index contributed by atoms with van der Waals surface area (Å²) in [5.41, 5.74) is 2.76. The van der Waals surface area contributed by atoms with Crippen LogP contribution in [0.2, 0.25) is 0 Å². The van der Waals surface area contributed by atoms with Crippen molar-refractivity contribution in [2.75, 3.05) is 41.7 Å². The Morgan fingerprint density at radius 3 is 2.24 bits per heavy atom. The van der Waals surface area contributed by atoms with Crippen molar-refractivity contribution in [1.29, 1.82) is 0 Å². The van der Waals surface area contributed by atoms with Gasteiger partial charge in [0.15, 0.2) is 0 Å². The van der Waals surface area contributed by atoms with Gasteiger partial charge in [-0.05, 0) is 54.8 Å². The molecule has 0 radical (unpaired) electrons. The predicted molar refractivity (Wildman–Crippen MR) is 136 cm³/mol. The van der Waals surface area contributed by atoms with E-state index >= 15 is 0 Å². The van der Waals surface area contributed by atoms with Gasteiger partial charge >= 0.3 is 0 Å². The molecule has 0 saturated carbocycles. The van der Waals surface area contributed by atoms with Crippen LogP contribution in [0.3, 0.4) is 0 Å². The van der Waals surface area contributed by atoms with E-state index in [0.29, 0.717) is 24.5 Å². The molecule has 2 aromatic carbocycles. The van der Waals surface area contributed by atoms with E-state index in [4.69, 9.17) is 0 Å². The van der Waals surface area contributed by atoms with Crippen molar-refractivity contribution in [3.05, 3.63) is 54.1 Å². The number of sulfonamides is 1. The summed E-state index contributed by atoms with van der Waals surface area (Å²) in [5.74, 6) is -0.509. The molecule has 34 heavy (non-hydrogen) atoms. The molecular formula is C25H32N4O4S. The van der Waals surface area contributed by atoms with Crippen LogP contribution < -0.4 is 15.5 Å². The molecule has 182 valence electrons. The van der Waals surface area contributed by atoms with E-state index in [0.717, 1.165) is 37.2 Å². The van der Waals surface area contributed by atoms with E-state index in [1.54, 1.807) is 62.4 Å². The van der Waals surface area contributed by atoms with Crippen molar-refractivity contribution in [1.82, 2.24) is 4.31 Å². The average Bonchev–Trinajstić information content (AvgIpc) is 3.33. The zero-order valence-corrected chi connectivity index (χ0v) is 20.7. The summed E-state index contributed by atoms with van der Waals surface area (Å²) in [6, 6.07) is 12.0. The van der Waals surface area contributed by atoms with Gasteiger partial charge in [0.2, 0.25) is 21.8 Å². The SMILES string of the molecule is CCN(CC)S(=O)(=O)c1ccc(N2CCCC2)c(NC(=O)/C=C/c2ccc(NC(C)=O)cc2)c1. The lowest BCUT2D eigenvalue weighted by atomic mass is 10.2. The quantitative estimate of drug-likeness (QED) is 0.526. The first-order chi connectivity index (χ1) is 16.2. The Balaban J connectivity index is 1.83. The van der Waals surface area contributed by atoms with Crippen LogP contribution in [0.4, 0.5) is 17.1 Å². The Kier molecular flexibility index (Phi) is 8.46. The molecular weight excluding hydrogens is 452 g/mol. The highest BCUT2D eigenvalue weighted by atomic mass is 32.2. The van der Waals surface area contributed by atoms with Gasteiger partial charge in [0.25, 0.3) is 0 Å². The summed E-state index contributed by atoms with van der Waals surface area (Å²) in [6.07, 6.45) is 5.19. The number of hydrogen-bond acceptors (Lipinski definition) is 5. The van der Waals surface area contributed by atoms with E-state index in [1.807, 2.05) is 0 Å². The minimum atomic E-state index is -3.65. The number of benzene rings is 2. The summed E-state index contributed by atoms with van der Waals surface area (Å²) >= 11 is 0. The highest BCUT2D eigenvalue weighted by molar-refractivity contribution is 7.89. The maximum atomic E-state index is 13.0. The van der Waals surface area contributed by atoms with Crippen molar-refractivity contribution < 1.29 is 18.0 Å². The molecule has 1 aliphatic rings. The van der Waals surface area contributed by atoms with E-state index in [2.05, 4.69) is 15.5 Å². The minimum absolute atomic E-state index is 0.151. The van der Waals surface area contributed by atoms with Crippen LogP contribution in [0.1, 0.15) is 39.2 Å². The van der Waals surface area contributed by atoms with Gasteiger partial charge in [-0.3, -0.25) is 9.59 Å². The monoisotopic (exact) mass is 484 g/mol. The first kappa shape index (κ1) is 25.5. The number of nitrogens with zero attached hydrogens (tertiary/aromatic N) is 2. The number of rotatable bonds is 9. The standard InChI is InChI=1S/C25H32N4O4S/c1-4-29(5-2)34(32,33)22-13-14-24(28-16-6-7-17-28)23(18-22)27-25(31)15-10-20-8-11-21(12-9-20)26-19(3)30/h8-15,18H,4-7,16-17H2,1-3H3,(H,26,30)(H,27,31)/b15-10+. The number of carbonyl (C=O) groups excluding carboxylic acids is 2. The van der Waals surface area contributed by atoms with Crippen LogP contribution >= 0.6 is 0 Å². The molecule has 1 saturated heterocycles. The lowest BCUT2D eigenvalue weighted by Crippen LogP contribution is -2.31. The van der Waals surface area contributed by atoms with Gasteiger partial charge in [-0.25, -0.2) is 8.42 Å². The molecule has 0 aliphatic carbocycles. The molecule has 2 N–H and O–H groups in total. The third-order valence-corrected chi connectivity index (χ3v) is 7.72. The number of amides is 2. The first-order valence-corrected chi connectivity index (χ1v) is 12.9. The third kappa shape index (κ3) is 6.24. The van der Waals surface area contributed by atoms with Crippen LogP contribution in [-0.2, 0) is 19.6 Å². The highest BCUT2D eigenvalue weighted by Crippen LogP contribution is 2.32. The van der Waals surface area contributed by atoms with E-state index in [9.17, 15) is 18.0 Å². The number of hydrogen-bond donors (Lipinski definition) is 2. The van der Waals surface area contributed by atoms with Gasteiger partial charge in [-0.1, -0.05) is 26.0 Å². The fraction of sp³-hybridized carbons (Fsp3) is 0.360. The topological polar surface area (TPSA) is 98.8 Å². The fourth-order valence-corrected chi connectivity index (χ4v) is 5.43. The zero-order chi connectivity index (χ0) is 24.7. The van der Waals surface area contributed by atoms with Gasteiger partial charge in [0.1, 0.15) is 0 Å². The van der Waals surface area contributed by atoms with Crippen LogP contribution in [0.5, 0.6) is 0 Å². The van der Waals surface area contributed by atoms with Gasteiger partial charge in [0, 0.05) is 44.9 Å². The molecule has 1 fully saturated rings. The zero-order valence-electron chi connectivity index (χ0n) is 19.9. The number of carbonyl (C=O) groups is 2. The summed E-state index contributed by atoms with van der Waals surface area (Å²) in [6.45, 7) is 7.52. The van der Waals surface area contributed by atoms with Crippen molar-refractivity contribution in [3.8, 4) is 0 Å². The maximum Gasteiger partial charge on any atom is 0.248 e. The van der Waals surface area contributed by atoms with Crippen LogP contribution in [0.25, 0.3) is 6.08 Å². The van der Waals surface area contributed by atoms with Crippen molar-refractivity contribution in [2.45, 2.75) is 38.5 Å². The Morgan fingerprint density at radius 2 is 1.65 bits per heavy atom. The number of nitrogens with one attached hydrogen (secondary N) is 2. The molecule has 2 amide bonds. The Hall–Kier alpha value is -3.17. The lowest BCUT2D eigenvalue weighted by Gasteiger charge is -2.24. The molecule has 0 aromatic heterocycles. The molecule has 0 atom stereocenters. The molecule has 0 bridgehead atoms. The highest BCUT2D eigenvalue weighted by Gasteiger charge is 2.24. The second-order valence-corrected chi connectivity index (χ2v) is 10.0. The summed E-state index contributed by atoms with van der Waals surface area (Å²) in [5, 5.41) is 5.57. The van der Waals surface area contributed by atoms with E-state index < -0.39 is 10.0 Å². The van der Waals surface area contributed by atoms with Crippen molar-refractivity contribution in [3.63, 3.8) is 0 Å². The van der Waals surface area contributed by atoms with Gasteiger partial charge in [-0.2, -0.15) is 4.31 Å². The van der Waals surface area contributed by atoms with Gasteiger partial charge in [0.05, 0.1) is 16.3 Å². The Morgan fingerprint density at radius 1 is 1.00 bits per heavy atom. The van der Waals surface area contributed by atoms with Crippen molar-refractivity contribution in [2.24, 2.45) is 0 Å². The minimum Gasteiger partial charge on any atom is -0.370 e. The van der Waals surface area contributed by atoms with Crippen LogP contribution in [0, 0.1) is 0 Å². The molecule has 1 heterocycles. The molecule has 8 nitrogen and oxygen atoms in total. The maximum absolute atomic E-state index is 13.0. The van der Waals surface area contributed by atoms with E-state index in [1.165, 1.54) is 17.3 Å². The first-order valence-electron chi connectivity index (χ1n) is 11.5. The number of anilines is 3. The average molecular weight is 485 g/mol. The molecule has 3 rings (SSSR count). The van der Waals surface area contributed by atoms with Gasteiger partial charge in [-0.15, -0.1) is 0 Å². The summed E-state index contributed by atoms with van der Waals surface area (Å²) in [7, 11) is -3.65. The third-order valence-electron chi connectivity index (χ3n) is 5.67. The van der Waals surface area contributed by atoms with Crippen LogP contribution in [0.15, 0.2) is 53.4 Å².